The Hall–Kier alpha value is -2.10. The van der Waals surface area contributed by atoms with E-state index in [9.17, 15) is 8.78 Å². The number of benzene rings is 2. The minimum atomic E-state index is -0.380. The zero-order valence-electron chi connectivity index (χ0n) is 10.1. The van der Waals surface area contributed by atoms with Gasteiger partial charge in [-0.25, -0.2) is 8.78 Å². The lowest BCUT2D eigenvalue weighted by Crippen LogP contribution is -1.95. The smallest absolute Gasteiger partial charge is 0.150 e. The second-order valence-corrected chi connectivity index (χ2v) is 4.15. The van der Waals surface area contributed by atoms with Crippen molar-refractivity contribution in [2.45, 2.75) is 13.8 Å². The molecule has 0 fully saturated rings. The van der Waals surface area contributed by atoms with Crippen LogP contribution in [0.2, 0.25) is 0 Å². The molecule has 2 nitrogen and oxygen atoms in total. The van der Waals surface area contributed by atoms with Gasteiger partial charge in [0.1, 0.15) is 17.4 Å². The van der Waals surface area contributed by atoms with Crippen molar-refractivity contribution in [3.05, 3.63) is 53.1 Å². The van der Waals surface area contributed by atoms with Gasteiger partial charge >= 0.3 is 0 Å². The van der Waals surface area contributed by atoms with E-state index in [-0.39, 0.29) is 17.3 Å². The van der Waals surface area contributed by atoms with Gasteiger partial charge in [-0.2, -0.15) is 0 Å². The minimum absolute atomic E-state index is 0.208. The zero-order valence-corrected chi connectivity index (χ0v) is 10.1. The molecule has 0 spiro atoms. The normalized spacial score (nSPS) is 10.4. The Bertz CT molecular complexity index is 597. The number of halogens is 2. The molecule has 0 atom stereocenters. The van der Waals surface area contributed by atoms with Gasteiger partial charge < -0.3 is 10.5 Å². The molecule has 0 aliphatic carbocycles. The summed E-state index contributed by atoms with van der Waals surface area (Å²) in [7, 11) is 0. The molecule has 0 saturated heterocycles. The van der Waals surface area contributed by atoms with Crippen LogP contribution in [0.25, 0.3) is 0 Å². The molecule has 2 rings (SSSR count). The largest absolute Gasteiger partial charge is 0.455 e. The van der Waals surface area contributed by atoms with Crippen LogP contribution in [-0.2, 0) is 0 Å². The van der Waals surface area contributed by atoms with Crippen molar-refractivity contribution in [1.29, 1.82) is 0 Å². The Morgan fingerprint density at radius 3 is 2.28 bits per heavy atom. The number of hydrogen-bond acceptors (Lipinski definition) is 2. The summed E-state index contributed by atoms with van der Waals surface area (Å²) in [6, 6.07) is 7.11. The second-order valence-electron chi connectivity index (χ2n) is 4.15. The van der Waals surface area contributed by atoms with Gasteiger partial charge in [-0.3, -0.25) is 0 Å². The van der Waals surface area contributed by atoms with Gasteiger partial charge in [-0.1, -0.05) is 0 Å². The van der Waals surface area contributed by atoms with Crippen LogP contribution in [0.1, 0.15) is 11.1 Å². The molecule has 0 unspecified atom stereocenters. The number of nitrogens with two attached hydrogens (primary N) is 1. The van der Waals surface area contributed by atoms with Crippen LogP contribution in [0.4, 0.5) is 14.5 Å². The summed E-state index contributed by atoms with van der Waals surface area (Å²) < 4.78 is 31.9. The van der Waals surface area contributed by atoms with E-state index < -0.39 is 0 Å². The maximum Gasteiger partial charge on any atom is 0.150 e. The fraction of sp³-hybridized carbons (Fsp3) is 0.143. The summed E-state index contributed by atoms with van der Waals surface area (Å²) in [6.45, 7) is 3.26. The van der Waals surface area contributed by atoms with Crippen molar-refractivity contribution >= 4 is 5.69 Å². The van der Waals surface area contributed by atoms with E-state index in [0.717, 1.165) is 0 Å². The van der Waals surface area contributed by atoms with Crippen LogP contribution >= 0.6 is 0 Å². The van der Waals surface area contributed by atoms with Gasteiger partial charge in [-0.05, 0) is 49.2 Å². The van der Waals surface area contributed by atoms with Crippen molar-refractivity contribution in [3.8, 4) is 11.5 Å². The van der Waals surface area contributed by atoms with Crippen LogP contribution in [0.15, 0.2) is 30.3 Å². The predicted molar refractivity (Wildman–Crippen MR) is 66.8 cm³/mol. The maximum atomic E-state index is 13.2. The summed E-state index contributed by atoms with van der Waals surface area (Å²) >= 11 is 0. The van der Waals surface area contributed by atoms with Crippen molar-refractivity contribution < 1.29 is 13.5 Å². The molecule has 0 amide bonds. The molecule has 4 heteroatoms. The minimum Gasteiger partial charge on any atom is -0.455 e. The Morgan fingerprint density at radius 1 is 0.944 bits per heavy atom. The van der Waals surface area contributed by atoms with Crippen molar-refractivity contribution in [2.75, 3.05) is 5.73 Å². The van der Waals surface area contributed by atoms with Crippen LogP contribution in [0.3, 0.4) is 0 Å². The Kier molecular flexibility index (Phi) is 3.19. The van der Waals surface area contributed by atoms with Gasteiger partial charge in [0, 0.05) is 6.07 Å². The number of aryl methyl sites for hydroxylation is 2. The molecule has 2 aromatic rings. The summed E-state index contributed by atoms with van der Waals surface area (Å²) in [4.78, 5) is 0. The third-order valence-electron chi connectivity index (χ3n) is 2.65. The zero-order chi connectivity index (χ0) is 13.3. The molecular weight excluding hydrogens is 236 g/mol. The van der Waals surface area contributed by atoms with E-state index in [1.54, 1.807) is 19.9 Å². The maximum absolute atomic E-state index is 13.2. The lowest BCUT2D eigenvalue weighted by atomic mass is 10.2. The first-order valence-electron chi connectivity index (χ1n) is 5.47. The van der Waals surface area contributed by atoms with E-state index >= 15 is 0 Å². The van der Waals surface area contributed by atoms with Gasteiger partial charge in [0.15, 0.2) is 5.75 Å². The molecule has 18 heavy (non-hydrogen) atoms. The monoisotopic (exact) mass is 249 g/mol. The summed E-state index contributed by atoms with van der Waals surface area (Å²) in [5.74, 6) is 0.146. The molecule has 0 radical (unpaired) electrons. The molecule has 2 N–H and O–H groups in total. The fourth-order valence-electron chi connectivity index (χ4n) is 1.57. The topological polar surface area (TPSA) is 35.2 Å². The summed E-state index contributed by atoms with van der Waals surface area (Å²) in [5, 5.41) is 0. The van der Waals surface area contributed by atoms with E-state index in [2.05, 4.69) is 0 Å². The molecule has 0 aromatic heterocycles. The van der Waals surface area contributed by atoms with E-state index in [4.69, 9.17) is 10.5 Å². The van der Waals surface area contributed by atoms with Gasteiger partial charge in [-0.15, -0.1) is 0 Å². The highest BCUT2D eigenvalue weighted by molar-refractivity contribution is 5.55. The molecule has 0 saturated carbocycles. The van der Waals surface area contributed by atoms with Gasteiger partial charge in [0.25, 0.3) is 0 Å². The molecular formula is C14H13F2NO. The number of rotatable bonds is 2. The van der Waals surface area contributed by atoms with Crippen molar-refractivity contribution in [2.24, 2.45) is 0 Å². The predicted octanol–water partition coefficient (Wildman–Crippen LogP) is 3.96. The highest BCUT2D eigenvalue weighted by Crippen LogP contribution is 2.30. The van der Waals surface area contributed by atoms with Crippen LogP contribution in [0.5, 0.6) is 11.5 Å². The molecule has 0 aliphatic heterocycles. The van der Waals surface area contributed by atoms with Crippen molar-refractivity contribution in [3.63, 3.8) is 0 Å². The average Bonchev–Trinajstić information content (AvgIpc) is 2.31. The second kappa shape index (κ2) is 4.64. The van der Waals surface area contributed by atoms with E-state index in [1.807, 2.05) is 0 Å². The Labute approximate surface area is 104 Å². The molecule has 0 aliphatic rings. The number of hydrogen-bond donors (Lipinski definition) is 1. The average molecular weight is 249 g/mol. The molecule has 94 valence electrons. The van der Waals surface area contributed by atoms with Crippen LogP contribution in [0, 0.1) is 25.5 Å². The standard InChI is InChI=1S/C14H13F2NO/c1-8-5-10(3-4-11(8)15)18-14-6-9(2)12(16)7-13(14)17/h3-7H,17H2,1-2H3. The molecule has 0 heterocycles. The van der Waals surface area contributed by atoms with Gasteiger partial charge in [0.2, 0.25) is 0 Å². The van der Waals surface area contributed by atoms with Gasteiger partial charge in [0.05, 0.1) is 5.69 Å². The number of ether oxygens (including phenoxy) is 1. The quantitative estimate of drug-likeness (QED) is 0.818. The van der Waals surface area contributed by atoms with Crippen LogP contribution < -0.4 is 10.5 Å². The lowest BCUT2D eigenvalue weighted by Gasteiger charge is -2.10. The summed E-state index contributed by atoms with van der Waals surface area (Å²) in [6.07, 6.45) is 0. The Balaban J connectivity index is 2.34. The van der Waals surface area contributed by atoms with Crippen molar-refractivity contribution in [1.82, 2.24) is 0 Å². The molecule has 0 bridgehead atoms. The SMILES string of the molecule is Cc1cc(Oc2cc(C)c(F)cc2N)ccc1F. The first-order valence-corrected chi connectivity index (χ1v) is 5.47. The highest BCUT2D eigenvalue weighted by Gasteiger charge is 2.08. The lowest BCUT2D eigenvalue weighted by molar-refractivity contribution is 0.479. The third kappa shape index (κ3) is 2.42. The third-order valence-corrected chi connectivity index (χ3v) is 2.65. The highest BCUT2D eigenvalue weighted by atomic mass is 19.1. The van der Waals surface area contributed by atoms with E-state index in [0.29, 0.717) is 22.6 Å². The first kappa shape index (κ1) is 12.4. The molecule has 2 aromatic carbocycles. The fourth-order valence-corrected chi connectivity index (χ4v) is 1.57. The Morgan fingerprint density at radius 2 is 1.61 bits per heavy atom. The number of anilines is 1. The summed E-state index contributed by atoms with van der Waals surface area (Å²) in [5.41, 5.74) is 6.79. The number of nitrogen functional groups attached to an aromatic ring is 1. The van der Waals surface area contributed by atoms with Crippen LogP contribution in [-0.4, -0.2) is 0 Å². The first-order chi connectivity index (χ1) is 8.47. The van der Waals surface area contributed by atoms with E-state index in [1.165, 1.54) is 24.3 Å².